The molecule has 2 aliphatic heterocycles. The summed E-state index contributed by atoms with van der Waals surface area (Å²) in [6, 6.07) is 7.35. The summed E-state index contributed by atoms with van der Waals surface area (Å²) in [6.45, 7) is -0.149. The van der Waals surface area contributed by atoms with Crippen LogP contribution in [-0.2, 0) is 13.0 Å². The van der Waals surface area contributed by atoms with Crippen molar-refractivity contribution >= 4 is 11.7 Å². The largest absolute Gasteiger partial charge is 0.491 e. The van der Waals surface area contributed by atoms with Crippen molar-refractivity contribution < 1.29 is 27.8 Å². The summed E-state index contributed by atoms with van der Waals surface area (Å²) in [5.41, 5.74) is 3.65. The maximum absolute atomic E-state index is 12.9. The number of nitrogens with zero attached hydrogens (tertiary/aromatic N) is 6. The Morgan fingerprint density at radius 2 is 2.06 bits per heavy atom. The minimum Gasteiger partial charge on any atom is -0.491 e. The molecule has 1 amide bonds. The van der Waals surface area contributed by atoms with Gasteiger partial charge in [-0.05, 0) is 35.8 Å². The van der Waals surface area contributed by atoms with Gasteiger partial charge in [0.2, 0.25) is 0 Å². The van der Waals surface area contributed by atoms with Crippen molar-refractivity contribution in [3.05, 3.63) is 47.9 Å². The summed E-state index contributed by atoms with van der Waals surface area (Å²) < 4.78 is 47.0. The second-order valence-electron chi connectivity index (χ2n) is 7.78. The monoisotopic (exact) mass is 460 g/mol. The fraction of sp³-hybridized carbons (Fsp3) is 0.333. The fourth-order valence-corrected chi connectivity index (χ4v) is 4.04. The molecule has 9 nitrogen and oxygen atoms in total. The Kier molecular flexibility index (Phi) is 5.06. The molecule has 1 aromatic carbocycles. The lowest BCUT2D eigenvalue weighted by Gasteiger charge is -2.24. The van der Waals surface area contributed by atoms with Gasteiger partial charge >= 0.3 is 12.3 Å². The van der Waals surface area contributed by atoms with Crippen LogP contribution in [0.3, 0.4) is 0 Å². The standard InChI is InChI=1S/C21H19F3N6O3/c22-21(23,24)11-29-19(25-12-26-29)16-10-15-5-8-33-18-2-1-14(9-17(18)30(15)27-16)13-3-6-28(7-4-13)20(31)32/h1-3,9-10,12H,4-8,11H2,(H,31,32). The first kappa shape index (κ1) is 21.0. The number of carboxylic acid groups (broad SMARTS) is 1. The zero-order valence-electron chi connectivity index (χ0n) is 17.3. The quantitative estimate of drug-likeness (QED) is 0.644. The van der Waals surface area contributed by atoms with Crippen LogP contribution in [0.2, 0.25) is 0 Å². The Morgan fingerprint density at radius 3 is 2.79 bits per heavy atom. The van der Waals surface area contributed by atoms with Gasteiger partial charge in [0.05, 0.1) is 6.61 Å². The van der Waals surface area contributed by atoms with Crippen molar-refractivity contribution in [2.75, 3.05) is 19.7 Å². The first-order valence-corrected chi connectivity index (χ1v) is 10.3. The second-order valence-corrected chi connectivity index (χ2v) is 7.78. The van der Waals surface area contributed by atoms with Crippen LogP contribution >= 0.6 is 0 Å². The van der Waals surface area contributed by atoms with E-state index in [2.05, 4.69) is 15.2 Å². The number of carbonyl (C=O) groups is 1. The van der Waals surface area contributed by atoms with Gasteiger partial charge in [-0.2, -0.15) is 23.4 Å². The van der Waals surface area contributed by atoms with Crippen molar-refractivity contribution in [3.63, 3.8) is 0 Å². The predicted octanol–water partition coefficient (Wildman–Crippen LogP) is 3.40. The first-order chi connectivity index (χ1) is 15.8. The van der Waals surface area contributed by atoms with E-state index in [1.807, 2.05) is 24.3 Å². The third kappa shape index (κ3) is 4.15. The smallest absolute Gasteiger partial charge is 0.408 e. The molecule has 0 radical (unpaired) electrons. The minimum absolute atomic E-state index is 0.0373. The molecule has 0 fully saturated rings. The first-order valence-electron chi connectivity index (χ1n) is 10.3. The van der Waals surface area contributed by atoms with Gasteiger partial charge in [-0.25, -0.2) is 19.1 Å². The molecule has 12 heteroatoms. The van der Waals surface area contributed by atoms with E-state index in [0.29, 0.717) is 49.7 Å². The molecule has 0 bridgehead atoms. The number of amides is 1. The summed E-state index contributed by atoms with van der Waals surface area (Å²) in [6.07, 6.45) is -1.33. The number of fused-ring (bicyclic) bond motifs is 3. The molecule has 0 spiro atoms. The van der Waals surface area contributed by atoms with E-state index >= 15 is 0 Å². The van der Waals surface area contributed by atoms with Gasteiger partial charge in [-0.3, -0.25) is 0 Å². The lowest BCUT2D eigenvalue weighted by atomic mass is 9.99. The Balaban J connectivity index is 1.51. The molecule has 2 aliphatic rings. The molecule has 1 N–H and O–H groups in total. The minimum atomic E-state index is -4.43. The number of ether oxygens (including phenoxy) is 1. The van der Waals surface area contributed by atoms with Gasteiger partial charge in [-0.15, -0.1) is 0 Å². The average Bonchev–Trinajstić information content (AvgIpc) is 3.36. The maximum Gasteiger partial charge on any atom is 0.408 e. The average molecular weight is 460 g/mol. The van der Waals surface area contributed by atoms with Crippen molar-refractivity contribution in [3.8, 4) is 23.0 Å². The maximum atomic E-state index is 12.9. The predicted molar refractivity (Wildman–Crippen MR) is 110 cm³/mol. The SMILES string of the molecule is O=C(O)N1CC=C(c2ccc3c(c2)-n2nc(-c4ncnn4CC(F)(F)F)cc2CCO3)CC1. The topological polar surface area (TPSA) is 98.3 Å². The number of halogens is 3. The summed E-state index contributed by atoms with van der Waals surface area (Å²) in [5, 5.41) is 17.4. The van der Waals surface area contributed by atoms with Crippen LogP contribution in [0.1, 0.15) is 17.7 Å². The Labute approximate surface area is 185 Å². The van der Waals surface area contributed by atoms with E-state index < -0.39 is 18.8 Å². The van der Waals surface area contributed by atoms with Crippen molar-refractivity contribution in [2.45, 2.75) is 25.6 Å². The molecule has 172 valence electrons. The van der Waals surface area contributed by atoms with Crippen LogP contribution in [-0.4, -0.2) is 66.5 Å². The molecular formula is C21H19F3N6O3. The third-order valence-electron chi connectivity index (χ3n) is 5.61. The molecule has 4 heterocycles. The van der Waals surface area contributed by atoms with Crippen molar-refractivity contribution in [1.82, 2.24) is 29.4 Å². The molecule has 5 rings (SSSR count). The van der Waals surface area contributed by atoms with E-state index in [4.69, 9.17) is 9.84 Å². The Hall–Kier alpha value is -3.83. The van der Waals surface area contributed by atoms with Gasteiger partial charge < -0.3 is 14.7 Å². The zero-order chi connectivity index (χ0) is 23.2. The van der Waals surface area contributed by atoms with Crippen molar-refractivity contribution in [2.24, 2.45) is 0 Å². The van der Waals surface area contributed by atoms with E-state index in [-0.39, 0.29) is 5.82 Å². The Bertz CT molecular complexity index is 1250. The Morgan fingerprint density at radius 1 is 1.21 bits per heavy atom. The molecule has 0 saturated heterocycles. The van der Waals surface area contributed by atoms with E-state index in [0.717, 1.165) is 27.8 Å². The highest BCUT2D eigenvalue weighted by atomic mass is 19.4. The van der Waals surface area contributed by atoms with Gasteiger partial charge in [0.15, 0.2) is 5.82 Å². The number of aromatic nitrogens is 5. The summed E-state index contributed by atoms with van der Waals surface area (Å²) in [7, 11) is 0. The molecule has 33 heavy (non-hydrogen) atoms. The second kappa shape index (κ2) is 7.94. The number of hydrogen-bond acceptors (Lipinski definition) is 5. The van der Waals surface area contributed by atoms with Crippen LogP contribution in [0, 0.1) is 0 Å². The summed E-state index contributed by atoms with van der Waals surface area (Å²) in [5.74, 6) is 0.641. The number of rotatable bonds is 3. The van der Waals surface area contributed by atoms with Crippen LogP contribution in [0.5, 0.6) is 5.75 Å². The van der Waals surface area contributed by atoms with E-state index in [1.165, 1.54) is 4.90 Å². The van der Waals surface area contributed by atoms with Gasteiger partial charge in [0.25, 0.3) is 0 Å². The molecule has 0 atom stereocenters. The zero-order valence-corrected chi connectivity index (χ0v) is 17.3. The normalized spacial score (nSPS) is 15.8. The highest BCUT2D eigenvalue weighted by Crippen LogP contribution is 2.33. The third-order valence-corrected chi connectivity index (χ3v) is 5.61. The molecule has 0 aliphatic carbocycles. The molecule has 3 aromatic rings. The van der Waals surface area contributed by atoms with Gasteiger partial charge in [-0.1, -0.05) is 12.1 Å². The number of hydrogen-bond donors (Lipinski definition) is 1. The van der Waals surface area contributed by atoms with Crippen LogP contribution < -0.4 is 4.74 Å². The lowest BCUT2D eigenvalue weighted by Crippen LogP contribution is -2.33. The molecular weight excluding hydrogens is 441 g/mol. The number of benzene rings is 1. The lowest BCUT2D eigenvalue weighted by molar-refractivity contribution is -0.142. The molecule has 0 saturated carbocycles. The molecule has 0 unspecified atom stereocenters. The summed E-state index contributed by atoms with van der Waals surface area (Å²) >= 11 is 0. The van der Waals surface area contributed by atoms with Gasteiger partial charge in [0, 0.05) is 25.2 Å². The number of alkyl halides is 3. The highest BCUT2D eigenvalue weighted by Gasteiger charge is 2.31. The van der Waals surface area contributed by atoms with Crippen LogP contribution in [0.25, 0.3) is 22.8 Å². The van der Waals surface area contributed by atoms with Crippen LogP contribution in [0.15, 0.2) is 36.7 Å². The molecule has 2 aromatic heterocycles. The van der Waals surface area contributed by atoms with E-state index in [9.17, 15) is 18.0 Å². The van der Waals surface area contributed by atoms with Gasteiger partial charge in [0.1, 0.15) is 30.0 Å². The highest BCUT2D eigenvalue weighted by molar-refractivity contribution is 5.73. The van der Waals surface area contributed by atoms with Crippen LogP contribution in [0.4, 0.5) is 18.0 Å². The van der Waals surface area contributed by atoms with E-state index in [1.54, 1.807) is 10.7 Å². The van der Waals surface area contributed by atoms with Crippen molar-refractivity contribution in [1.29, 1.82) is 0 Å². The fourth-order valence-electron chi connectivity index (χ4n) is 4.04. The summed E-state index contributed by atoms with van der Waals surface area (Å²) in [4.78, 5) is 16.5.